The van der Waals surface area contributed by atoms with Crippen molar-refractivity contribution in [2.24, 2.45) is 5.73 Å². The highest BCUT2D eigenvalue weighted by atomic mass is 16.6. The van der Waals surface area contributed by atoms with E-state index in [2.05, 4.69) is 5.32 Å². The van der Waals surface area contributed by atoms with E-state index < -0.39 is 5.60 Å². The van der Waals surface area contributed by atoms with E-state index in [1.165, 1.54) is 25.7 Å². The Morgan fingerprint density at radius 3 is 1.86 bits per heavy atom. The minimum absolute atomic E-state index is 0.201. The number of hydrogen-bond acceptors (Lipinski definition) is 3. The van der Waals surface area contributed by atoms with E-state index in [0.717, 1.165) is 25.7 Å². The Bertz CT molecular complexity index is 298. The lowest BCUT2D eigenvalue weighted by Gasteiger charge is -2.19. The molecule has 0 aliphatic heterocycles. The summed E-state index contributed by atoms with van der Waals surface area (Å²) in [5, 5.41) is 2.76. The second kappa shape index (κ2) is 11.4. The molecule has 0 bridgehead atoms. The third-order valence-corrected chi connectivity index (χ3v) is 3.02. The molecule has 0 fully saturated rings. The normalized spacial score (nSPS) is 11.2. The zero-order valence-electron chi connectivity index (χ0n) is 13.9. The van der Waals surface area contributed by atoms with E-state index in [1.54, 1.807) is 0 Å². The van der Waals surface area contributed by atoms with Crippen molar-refractivity contribution in [3.05, 3.63) is 0 Å². The van der Waals surface area contributed by atoms with Crippen LogP contribution in [0, 0.1) is 0 Å². The second-order valence-electron chi connectivity index (χ2n) is 6.47. The Hall–Kier alpha value is -1.26. The quantitative estimate of drug-likeness (QED) is 0.573. The molecule has 5 nitrogen and oxygen atoms in total. The van der Waals surface area contributed by atoms with Crippen LogP contribution in [-0.4, -0.2) is 24.1 Å². The molecule has 0 aliphatic rings. The number of primary amides is 1. The summed E-state index contributed by atoms with van der Waals surface area (Å²) >= 11 is 0. The van der Waals surface area contributed by atoms with E-state index in [9.17, 15) is 9.59 Å². The molecule has 0 saturated carbocycles. The molecule has 0 atom stereocenters. The van der Waals surface area contributed by atoms with Gasteiger partial charge in [0.1, 0.15) is 5.60 Å². The molecule has 2 amide bonds. The highest BCUT2D eigenvalue weighted by Crippen LogP contribution is 2.09. The van der Waals surface area contributed by atoms with Crippen molar-refractivity contribution in [1.82, 2.24) is 5.32 Å². The van der Waals surface area contributed by atoms with Crippen LogP contribution >= 0.6 is 0 Å². The lowest BCUT2D eigenvalue weighted by atomic mass is 10.1. The molecule has 5 heteroatoms. The lowest BCUT2D eigenvalue weighted by Crippen LogP contribution is -2.32. The molecule has 0 aromatic carbocycles. The van der Waals surface area contributed by atoms with Gasteiger partial charge in [-0.05, 0) is 33.6 Å². The summed E-state index contributed by atoms with van der Waals surface area (Å²) in [6.07, 6.45) is 9.06. The molecule has 0 aromatic rings. The lowest BCUT2D eigenvalue weighted by molar-refractivity contribution is -0.118. The van der Waals surface area contributed by atoms with Crippen LogP contribution in [0.1, 0.15) is 78.6 Å². The van der Waals surface area contributed by atoms with Crippen molar-refractivity contribution in [3.63, 3.8) is 0 Å². The largest absolute Gasteiger partial charge is 0.444 e. The number of carbonyl (C=O) groups excluding carboxylic acids is 2. The molecule has 0 heterocycles. The average Bonchev–Trinajstić information content (AvgIpc) is 2.33. The SMILES string of the molecule is CC(C)(C)OC(=O)NCCCCCCCCCCC(N)=O. The van der Waals surface area contributed by atoms with Gasteiger partial charge in [0.25, 0.3) is 0 Å². The summed E-state index contributed by atoms with van der Waals surface area (Å²) in [7, 11) is 0. The third-order valence-electron chi connectivity index (χ3n) is 3.02. The van der Waals surface area contributed by atoms with Gasteiger partial charge >= 0.3 is 6.09 Å². The van der Waals surface area contributed by atoms with Gasteiger partial charge in [-0.3, -0.25) is 4.79 Å². The van der Waals surface area contributed by atoms with Gasteiger partial charge in [-0.2, -0.15) is 0 Å². The highest BCUT2D eigenvalue weighted by molar-refractivity contribution is 5.73. The number of rotatable bonds is 11. The van der Waals surface area contributed by atoms with Crippen molar-refractivity contribution in [3.8, 4) is 0 Å². The number of amides is 2. The molecule has 0 aliphatic carbocycles. The Balaban J connectivity index is 3.22. The molecule has 0 saturated heterocycles. The standard InChI is InChI=1S/C16H32N2O3/c1-16(2,3)21-15(20)18-13-11-9-7-5-4-6-8-10-12-14(17)19/h4-13H2,1-3H3,(H2,17,19)(H,18,20). The zero-order valence-corrected chi connectivity index (χ0v) is 13.9. The first-order chi connectivity index (χ1) is 9.81. The highest BCUT2D eigenvalue weighted by Gasteiger charge is 2.15. The fourth-order valence-corrected chi connectivity index (χ4v) is 1.99. The molecule has 0 unspecified atom stereocenters. The monoisotopic (exact) mass is 300 g/mol. The summed E-state index contributed by atoms with van der Waals surface area (Å²) < 4.78 is 5.15. The topological polar surface area (TPSA) is 81.4 Å². The zero-order chi connectivity index (χ0) is 16.1. The van der Waals surface area contributed by atoms with Crippen molar-refractivity contribution >= 4 is 12.0 Å². The van der Waals surface area contributed by atoms with Crippen molar-refractivity contribution in [1.29, 1.82) is 0 Å². The number of hydrogen-bond donors (Lipinski definition) is 2. The van der Waals surface area contributed by atoms with E-state index in [-0.39, 0.29) is 12.0 Å². The van der Waals surface area contributed by atoms with E-state index >= 15 is 0 Å². The Kier molecular flexibility index (Phi) is 10.7. The van der Waals surface area contributed by atoms with Gasteiger partial charge in [-0.1, -0.05) is 38.5 Å². The Morgan fingerprint density at radius 2 is 1.38 bits per heavy atom. The first-order valence-corrected chi connectivity index (χ1v) is 8.06. The van der Waals surface area contributed by atoms with E-state index in [0.29, 0.717) is 13.0 Å². The molecule has 21 heavy (non-hydrogen) atoms. The maximum Gasteiger partial charge on any atom is 0.407 e. The van der Waals surface area contributed by atoms with Gasteiger partial charge in [-0.15, -0.1) is 0 Å². The van der Waals surface area contributed by atoms with E-state index in [4.69, 9.17) is 10.5 Å². The molecule has 0 radical (unpaired) electrons. The number of ether oxygens (including phenoxy) is 1. The van der Waals surface area contributed by atoms with Gasteiger partial charge in [0, 0.05) is 13.0 Å². The predicted octanol–water partition coefficient (Wildman–Crippen LogP) is 3.51. The van der Waals surface area contributed by atoms with Crippen molar-refractivity contribution in [2.75, 3.05) is 6.54 Å². The van der Waals surface area contributed by atoms with Gasteiger partial charge in [0.05, 0.1) is 0 Å². The fraction of sp³-hybridized carbons (Fsp3) is 0.875. The van der Waals surface area contributed by atoms with Crippen LogP contribution in [0.3, 0.4) is 0 Å². The van der Waals surface area contributed by atoms with Crippen LogP contribution in [0.4, 0.5) is 4.79 Å². The predicted molar refractivity (Wildman–Crippen MR) is 85.0 cm³/mol. The minimum atomic E-state index is -0.432. The van der Waals surface area contributed by atoms with Crippen molar-refractivity contribution < 1.29 is 14.3 Å². The number of nitrogens with one attached hydrogen (secondary N) is 1. The van der Waals surface area contributed by atoms with Gasteiger partial charge in [0.15, 0.2) is 0 Å². The number of nitrogens with two attached hydrogens (primary N) is 1. The maximum absolute atomic E-state index is 11.4. The summed E-state index contributed by atoms with van der Waals surface area (Å²) in [5.41, 5.74) is 4.65. The van der Waals surface area contributed by atoms with Crippen LogP contribution in [0.25, 0.3) is 0 Å². The first kappa shape index (κ1) is 19.7. The number of alkyl carbamates (subject to hydrolysis) is 1. The number of unbranched alkanes of at least 4 members (excludes halogenated alkanes) is 7. The fourth-order valence-electron chi connectivity index (χ4n) is 1.99. The maximum atomic E-state index is 11.4. The molecule has 0 spiro atoms. The minimum Gasteiger partial charge on any atom is -0.444 e. The molecule has 0 aromatic heterocycles. The smallest absolute Gasteiger partial charge is 0.407 e. The third kappa shape index (κ3) is 16.7. The van der Waals surface area contributed by atoms with Gasteiger partial charge < -0.3 is 15.8 Å². The van der Waals surface area contributed by atoms with Crippen molar-refractivity contribution in [2.45, 2.75) is 84.2 Å². The number of carbonyl (C=O) groups is 2. The molecule has 0 rings (SSSR count). The second-order valence-corrected chi connectivity index (χ2v) is 6.47. The summed E-state index contributed by atoms with van der Waals surface area (Å²) in [5.74, 6) is -0.201. The first-order valence-electron chi connectivity index (χ1n) is 8.06. The van der Waals surface area contributed by atoms with Crippen LogP contribution in [0.5, 0.6) is 0 Å². The van der Waals surface area contributed by atoms with Crippen LogP contribution in [-0.2, 0) is 9.53 Å². The molecular formula is C16H32N2O3. The molecular weight excluding hydrogens is 268 g/mol. The Labute approximate surface area is 129 Å². The van der Waals surface area contributed by atoms with Gasteiger partial charge in [-0.25, -0.2) is 4.79 Å². The summed E-state index contributed by atoms with van der Waals surface area (Å²) in [4.78, 5) is 21.9. The Morgan fingerprint density at radius 1 is 0.905 bits per heavy atom. The van der Waals surface area contributed by atoms with E-state index in [1.807, 2.05) is 20.8 Å². The van der Waals surface area contributed by atoms with Crippen LogP contribution in [0.2, 0.25) is 0 Å². The molecule has 124 valence electrons. The average molecular weight is 300 g/mol. The molecule has 3 N–H and O–H groups in total. The van der Waals surface area contributed by atoms with Gasteiger partial charge in [0.2, 0.25) is 5.91 Å². The van der Waals surface area contributed by atoms with Crippen LogP contribution < -0.4 is 11.1 Å². The van der Waals surface area contributed by atoms with Crippen LogP contribution in [0.15, 0.2) is 0 Å². The summed E-state index contributed by atoms with van der Waals surface area (Å²) in [6.45, 7) is 6.25. The summed E-state index contributed by atoms with van der Waals surface area (Å²) in [6, 6.07) is 0.